The summed E-state index contributed by atoms with van der Waals surface area (Å²) in [4.78, 5) is 12.5. The molecule has 2 aromatic carbocycles. The number of benzene rings is 2. The monoisotopic (exact) mass is 436 g/mol. The van der Waals surface area contributed by atoms with Crippen LogP contribution in [0.2, 0.25) is 5.02 Å². The van der Waals surface area contributed by atoms with E-state index in [1.54, 1.807) is 0 Å². The first-order chi connectivity index (χ1) is 13.8. The van der Waals surface area contributed by atoms with Crippen LogP contribution in [0.5, 0.6) is 5.75 Å². The number of halogens is 1. The summed E-state index contributed by atoms with van der Waals surface area (Å²) in [5.74, 6) is -0.0403. The minimum Gasteiger partial charge on any atom is -0.482 e. The Morgan fingerprint density at radius 2 is 1.93 bits per heavy atom. The van der Waals surface area contributed by atoms with Crippen LogP contribution >= 0.6 is 11.6 Å². The lowest BCUT2D eigenvalue weighted by Crippen LogP contribution is -2.27. The molecule has 0 saturated carbocycles. The smallest absolute Gasteiger partial charge is 0.262 e. The average molecular weight is 437 g/mol. The summed E-state index contributed by atoms with van der Waals surface area (Å²) >= 11 is 6.22. The minimum atomic E-state index is -3.55. The molecular weight excluding hydrogens is 412 g/mol. The van der Waals surface area contributed by atoms with E-state index in [1.165, 1.54) is 22.5 Å². The number of carbonyl (C=O) groups excluding carboxylic acids is 1. The van der Waals surface area contributed by atoms with Gasteiger partial charge in [0.1, 0.15) is 5.75 Å². The third kappa shape index (κ3) is 4.91. The van der Waals surface area contributed by atoms with Crippen molar-refractivity contribution in [3.8, 4) is 5.75 Å². The minimum absolute atomic E-state index is 0.133. The van der Waals surface area contributed by atoms with E-state index in [2.05, 4.69) is 5.32 Å². The van der Waals surface area contributed by atoms with E-state index in [-0.39, 0.29) is 28.2 Å². The van der Waals surface area contributed by atoms with Gasteiger partial charge in [0.05, 0.1) is 9.92 Å². The fourth-order valence-corrected chi connectivity index (χ4v) is 5.20. The number of hydrogen-bond acceptors (Lipinski definition) is 4. The molecule has 0 aliphatic carbocycles. The first-order valence-electron chi connectivity index (χ1n) is 9.63. The van der Waals surface area contributed by atoms with Crippen molar-refractivity contribution in [2.75, 3.05) is 25.0 Å². The topological polar surface area (TPSA) is 75.7 Å². The number of anilines is 1. The summed E-state index contributed by atoms with van der Waals surface area (Å²) in [6.07, 6.45) is 2.53. The van der Waals surface area contributed by atoms with Crippen molar-refractivity contribution in [2.45, 2.75) is 38.0 Å². The van der Waals surface area contributed by atoms with Gasteiger partial charge in [-0.2, -0.15) is 4.31 Å². The predicted octanol–water partition coefficient (Wildman–Crippen LogP) is 4.01. The van der Waals surface area contributed by atoms with E-state index in [4.69, 9.17) is 16.3 Å². The number of nitrogens with one attached hydrogen (secondary N) is 1. The largest absolute Gasteiger partial charge is 0.482 e. The first-order valence-corrected chi connectivity index (χ1v) is 11.5. The van der Waals surface area contributed by atoms with Gasteiger partial charge in [-0.3, -0.25) is 4.79 Å². The highest BCUT2D eigenvalue weighted by molar-refractivity contribution is 7.89. The number of hydrogen-bond donors (Lipinski definition) is 1. The molecule has 1 aliphatic rings. The molecule has 0 spiro atoms. The number of rotatable bonds is 7. The van der Waals surface area contributed by atoms with Crippen LogP contribution in [0, 0.1) is 6.92 Å². The van der Waals surface area contributed by atoms with Crippen molar-refractivity contribution in [1.29, 1.82) is 0 Å². The van der Waals surface area contributed by atoms with E-state index in [0.29, 0.717) is 13.1 Å². The van der Waals surface area contributed by atoms with Crippen LogP contribution < -0.4 is 10.1 Å². The first kappa shape index (κ1) is 21.6. The molecule has 8 heteroatoms. The molecule has 0 unspecified atom stereocenters. The summed E-state index contributed by atoms with van der Waals surface area (Å²) in [6.45, 7) is 4.79. The van der Waals surface area contributed by atoms with Gasteiger partial charge in [0.15, 0.2) is 6.61 Å². The van der Waals surface area contributed by atoms with Crippen LogP contribution in [0.1, 0.15) is 30.9 Å². The molecule has 1 amide bonds. The molecule has 0 atom stereocenters. The number of carbonyl (C=O) groups is 1. The molecule has 29 heavy (non-hydrogen) atoms. The lowest BCUT2D eigenvalue weighted by Gasteiger charge is -2.16. The zero-order chi connectivity index (χ0) is 21.0. The zero-order valence-electron chi connectivity index (χ0n) is 16.6. The third-order valence-corrected chi connectivity index (χ3v) is 7.16. The van der Waals surface area contributed by atoms with Crippen molar-refractivity contribution in [1.82, 2.24) is 4.31 Å². The number of sulfonamides is 1. The van der Waals surface area contributed by atoms with Gasteiger partial charge in [-0.1, -0.05) is 36.7 Å². The molecule has 0 bridgehead atoms. The van der Waals surface area contributed by atoms with E-state index in [1.807, 2.05) is 32.0 Å². The van der Waals surface area contributed by atoms with Gasteiger partial charge in [0, 0.05) is 18.8 Å². The van der Waals surface area contributed by atoms with Crippen LogP contribution in [-0.2, 0) is 21.2 Å². The predicted molar refractivity (Wildman–Crippen MR) is 114 cm³/mol. The van der Waals surface area contributed by atoms with Gasteiger partial charge >= 0.3 is 0 Å². The quantitative estimate of drug-likeness (QED) is 0.711. The standard InChI is InChI=1S/C21H25ClN2O4S/c1-3-16-8-6-7-15(2)21(16)23-20(25)14-28-19-10-9-17(13-18(19)22)29(26,27)24-11-4-5-12-24/h6-10,13H,3-5,11-12,14H2,1-2H3,(H,23,25). The summed E-state index contributed by atoms with van der Waals surface area (Å²) in [5.41, 5.74) is 2.82. The Hall–Kier alpha value is -2.09. The Bertz CT molecular complexity index is 1000. The second-order valence-corrected chi connectivity index (χ2v) is 9.35. The molecule has 0 radical (unpaired) electrons. The number of ether oxygens (including phenoxy) is 1. The molecular formula is C21H25ClN2O4S. The number of aryl methyl sites for hydroxylation is 2. The summed E-state index contributed by atoms with van der Waals surface area (Å²) < 4.78 is 32.2. The SMILES string of the molecule is CCc1cccc(C)c1NC(=O)COc1ccc(S(=O)(=O)N2CCCC2)cc1Cl. The highest BCUT2D eigenvalue weighted by atomic mass is 35.5. The van der Waals surface area contributed by atoms with Crippen LogP contribution in [-0.4, -0.2) is 38.3 Å². The second kappa shape index (κ2) is 9.15. The van der Waals surface area contributed by atoms with Crippen LogP contribution in [0.15, 0.2) is 41.3 Å². The Morgan fingerprint density at radius 3 is 2.59 bits per heavy atom. The van der Waals surface area contributed by atoms with Gasteiger partial charge < -0.3 is 10.1 Å². The number of nitrogens with zero attached hydrogens (tertiary/aromatic N) is 1. The van der Waals surface area contributed by atoms with E-state index >= 15 is 0 Å². The van der Waals surface area contributed by atoms with Crippen LogP contribution in [0.25, 0.3) is 0 Å². The molecule has 1 fully saturated rings. The molecule has 1 N–H and O–H groups in total. The Kier molecular flexibility index (Phi) is 6.82. The molecule has 156 valence electrons. The Labute approximate surface area is 176 Å². The molecule has 6 nitrogen and oxygen atoms in total. The molecule has 0 aromatic heterocycles. The van der Waals surface area contributed by atoms with E-state index in [0.717, 1.165) is 36.1 Å². The average Bonchev–Trinajstić information content (AvgIpc) is 3.24. The molecule has 1 saturated heterocycles. The van der Waals surface area contributed by atoms with E-state index < -0.39 is 10.0 Å². The number of para-hydroxylation sites is 1. The van der Waals surface area contributed by atoms with Crippen molar-refractivity contribution in [3.05, 3.63) is 52.5 Å². The molecule has 2 aromatic rings. The van der Waals surface area contributed by atoms with Crippen LogP contribution in [0.4, 0.5) is 5.69 Å². The fraction of sp³-hybridized carbons (Fsp3) is 0.381. The summed E-state index contributed by atoms with van der Waals surface area (Å²) in [5, 5.41) is 3.04. The van der Waals surface area contributed by atoms with Crippen molar-refractivity contribution >= 4 is 33.2 Å². The maximum absolute atomic E-state index is 12.6. The van der Waals surface area contributed by atoms with Crippen LogP contribution in [0.3, 0.4) is 0 Å². The van der Waals surface area contributed by atoms with Gasteiger partial charge in [-0.15, -0.1) is 0 Å². The van der Waals surface area contributed by atoms with Gasteiger partial charge in [0.2, 0.25) is 10.0 Å². The lowest BCUT2D eigenvalue weighted by atomic mass is 10.1. The molecule has 1 heterocycles. The van der Waals surface area contributed by atoms with Crippen molar-refractivity contribution in [2.24, 2.45) is 0 Å². The second-order valence-electron chi connectivity index (χ2n) is 7.00. The molecule has 1 aliphatic heterocycles. The van der Waals surface area contributed by atoms with E-state index in [9.17, 15) is 13.2 Å². The Morgan fingerprint density at radius 1 is 1.21 bits per heavy atom. The lowest BCUT2D eigenvalue weighted by molar-refractivity contribution is -0.118. The maximum atomic E-state index is 12.6. The van der Waals surface area contributed by atoms with Gasteiger partial charge in [-0.05, 0) is 55.5 Å². The number of amides is 1. The highest BCUT2D eigenvalue weighted by Crippen LogP contribution is 2.30. The molecule has 3 rings (SSSR count). The Balaban J connectivity index is 1.66. The van der Waals surface area contributed by atoms with Crippen molar-refractivity contribution < 1.29 is 17.9 Å². The zero-order valence-corrected chi connectivity index (χ0v) is 18.1. The van der Waals surface area contributed by atoms with Crippen molar-refractivity contribution in [3.63, 3.8) is 0 Å². The maximum Gasteiger partial charge on any atom is 0.262 e. The fourth-order valence-electron chi connectivity index (χ4n) is 3.36. The normalized spacial score (nSPS) is 14.7. The summed E-state index contributed by atoms with van der Waals surface area (Å²) in [7, 11) is -3.55. The van der Waals surface area contributed by atoms with Gasteiger partial charge in [-0.25, -0.2) is 8.42 Å². The highest BCUT2D eigenvalue weighted by Gasteiger charge is 2.27. The third-order valence-electron chi connectivity index (χ3n) is 4.97. The van der Waals surface area contributed by atoms with Gasteiger partial charge in [0.25, 0.3) is 5.91 Å². The summed E-state index contributed by atoms with van der Waals surface area (Å²) in [6, 6.07) is 10.2.